The number of ether oxygens (including phenoxy) is 1. The predicted octanol–water partition coefficient (Wildman–Crippen LogP) is 4.67. The Morgan fingerprint density at radius 3 is 2.11 bits per heavy atom. The minimum absolute atomic E-state index is 0.00276. The highest BCUT2D eigenvalue weighted by atomic mass is 16.6. The summed E-state index contributed by atoms with van der Waals surface area (Å²) in [5.74, 6) is -2.68. The number of esters is 1. The predicted molar refractivity (Wildman–Crippen MR) is 178 cm³/mol. The van der Waals surface area contributed by atoms with Gasteiger partial charge in [0.1, 0.15) is 5.60 Å². The molecule has 1 saturated heterocycles. The van der Waals surface area contributed by atoms with E-state index in [0.29, 0.717) is 59.8 Å². The molecular weight excluding hydrogens is 600 g/mol. The van der Waals surface area contributed by atoms with Gasteiger partial charge in [0.25, 0.3) is 11.8 Å². The largest absolute Gasteiger partial charge is 0.478 e. The van der Waals surface area contributed by atoms with Crippen LogP contribution in [0.4, 0.5) is 11.4 Å². The third kappa shape index (κ3) is 7.25. The van der Waals surface area contributed by atoms with E-state index in [0.717, 1.165) is 4.90 Å². The first-order valence-electron chi connectivity index (χ1n) is 15.4. The molecule has 1 fully saturated rings. The van der Waals surface area contributed by atoms with Gasteiger partial charge < -0.3 is 20.1 Å². The summed E-state index contributed by atoms with van der Waals surface area (Å²) in [5.41, 5.74) is 2.99. The highest BCUT2D eigenvalue weighted by Gasteiger charge is 2.39. The Morgan fingerprint density at radius 2 is 1.53 bits per heavy atom. The molecule has 0 saturated carbocycles. The van der Waals surface area contributed by atoms with Crippen LogP contribution in [-0.4, -0.2) is 82.9 Å². The number of amides is 3. The van der Waals surface area contributed by atoms with Gasteiger partial charge in [0.15, 0.2) is 0 Å². The van der Waals surface area contributed by atoms with Crippen LogP contribution in [0, 0.1) is 6.92 Å². The van der Waals surface area contributed by atoms with Crippen LogP contribution in [-0.2, 0) is 19.1 Å². The number of aromatic carboxylic acids is 1. The topological polar surface area (TPSA) is 137 Å². The maximum atomic E-state index is 13.8. The van der Waals surface area contributed by atoms with E-state index in [1.807, 2.05) is 56.0 Å². The Bertz CT molecular complexity index is 1770. The van der Waals surface area contributed by atoms with Crippen molar-refractivity contribution in [1.29, 1.82) is 0 Å². The molecular formula is C36H38N4O7. The number of piperazine rings is 1. The maximum absolute atomic E-state index is 13.8. The molecule has 0 bridgehead atoms. The standard InChI is InChI=1S/C36H38N4O7/c1-22-19-28-29(20-27(22)35(45)46)40(23(2)41)34(44)31(28)32(24-9-7-6-8-10-24)37-26-13-11-25(12-14-26)33(43)39-17-15-38(16-18-39)21-30(42)47-36(3,4)5/h6-14,19-20,37H,15-18,21H2,1-5H3,(H,45,46)/b32-31+. The number of fused-ring (bicyclic) bond motifs is 1. The number of rotatable bonds is 7. The van der Waals surface area contributed by atoms with E-state index < -0.39 is 23.4 Å². The molecule has 2 N–H and O–H groups in total. The lowest BCUT2D eigenvalue weighted by molar-refractivity contribution is -0.156. The molecule has 47 heavy (non-hydrogen) atoms. The second-order valence-electron chi connectivity index (χ2n) is 12.6. The molecule has 11 nitrogen and oxygen atoms in total. The zero-order chi connectivity index (χ0) is 34.0. The number of carboxylic acids is 1. The van der Waals surface area contributed by atoms with Crippen LogP contribution in [0.5, 0.6) is 0 Å². The average Bonchev–Trinajstić information content (AvgIpc) is 3.29. The van der Waals surface area contributed by atoms with Crippen LogP contribution in [0.3, 0.4) is 0 Å². The van der Waals surface area contributed by atoms with E-state index in [1.54, 1.807) is 42.2 Å². The lowest BCUT2D eigenvalue weighted by atomic mass is 9.96. The van der Waals surface area contributed by atoms with Crippen molar-refractivity contribution in [2.75, 3.05) is 42.9 Å². The van der Waals surface area contributed by atoms with E-state index in [1.165, 1.54) is 13.0 Å². The SMILES string of the molecule is CC(=O)N1C(=O)/C(=C(/Nc2ccc(C(=O)N3CCN(CC(=O)OC(C)(C)C)CC3)cc2)c2ccccc2)c2cc(C)c(C(=O)O)cc21. The number of nitrogens with zero attached hydrogens (tertiary/aromatic N) is 3. The number of benzene rings is 3. The fourth-order valence-electron chi connectivity index (χ4n) is 5.78. The van der Waals surface area contributed by atoms with Crippen molar-refractivity contribution in [1.82, 2.24) is 9.80 Å². The molecule has 2 aliphatic rings. The molecule has 0 aromatic heterocycles. The number of imide groups is 1. The van der Waals surface area contributed by atoms with Crippen LogP contribution >= 0.6 is 0 Å². The number of carbonyl (C=O) groups is 5. The molecule has 5 rings (SSSR count). The Kier molecular flexibility index (Phi) is 9.30. The summed E-state index contributed by atoms with van der Waals surface area (Å²) in [6.07, 6.45) is 0. The Hall–Kier alpha value is -5.29. The number of aryl methyl sites for hydroxylation is 1. The van der Waals surface area contributed by atoms with Crippen molar-refractivity contribution in [3.05, 3.63) is 94.5 Å². The van der Waals surface area contributed by atoms with Gasteiger partial charge in [-0.1, -0.05) is 30.3 Å². The van der Waals surface area contributed by atoms with Gasteiger partial charge in [-0.15, -0.1) is 0 Å². The zero-order valence-electron chi connectivity index (χ0n) is 27.1. The van der Waals surface area contributed by atoms with Crippen molar-refractivity contribution in [2.45, 2.75) is 40.2 Å². The van der Waals surface area contributed by atoms with Gasteiger partial charge in [0, 0.05) is 49.9 Å². The van der Waals surface area contributed by atoms with Gasteiger partial charge in [0.05, 0.1) is 29.1 Å². The number of anilines is 2. The van der Waals surface area contributed by atoms with Gasteiger partial charge in [-0.3, -0.25) is 24.1 Å². The van der Waals surface area contributed by atoms with Crippen molar-refractivity contribution in [3.8, 4) is 0 Å². The molecule has 2 aliphatic heterocycles. The van der Waals surface area contributed by atoms with Crippen molar-refractivity contribution < 1.29 is 33.8 Å². The quantitative estimate of drug-likeness (QED) is 0.280. The average molecular weight is 639 g/mol. The van der Waals surface area contributed by atoms with Crippen LogP contribution in [0.1, 0.15) is 65.1 Å². The molecule has 0 aliphatic carbocycles. The summed E-state index contributed by atoms with van der Waals surface area (Å²) in [7, 11) is 0. The third-order valence-electron chi connectivity index (χ3n) is 7.96. The first-order chi connectivity index (χ1) is 22.2. The summed E-state index contributed by atoms with van der Waals surface area (Å²) in [5, 5.41) is 13.0. The number of nitrogens with one attached hydrogen (secondary N) is 1. The molecule has 11 heteroatoms. The fraction of sp³-hybridized carbons (Fsp3) is 0.306. The smallest absolute Gasteiger partial charge is 0.336 e. The van der Waals surface area contributed by atoms with Gasteiger partial charge in [-0.2, -0.15) is 0 Å². The van der Waals surface area contributed by atoms with Gasteiger partial charge in [-0.25, -0.2) is 9.69 Å². The zero-order valence-corrected chi connectivity index (χ0v) is 27.1. The summed E-state index contributed by atoms with van der Waals surface area (Å²) >= 11 is 0. The molecule has 0 radical (unpaired) electrons. The lowest BCUT2D eigenvalue weighted by Crippen LogP contribution is -2.50. The monoisotopic (exact) mass is 638 g/mol. The van der Waals surface area contributed by atoms with Gasteiger partial charge in [-0.05, 0) is 75.2 Å². The third-order valence-corrected chi connectivity index (χ3v) is 7.96. The second kappa shape index (κ2) is 13.2. The molecule has 2 heterocycles. The highest BCUT2D eigenvalue weighted by molar-refractivity contribution is 6.44. The minimum Gasteiger partial charge on any atom is -0.478 e. The van der Waals surface area contributed by atoms with Crippen LogP contribution in [0.15, 0.2) is 66.7 Å². The number of carbonyl (C=O) groups excluding carboxylic acids is 4. The maximum Gasteiger partial charge on any atom is 0.336 e. The van der Waals surface area contributed by atoms with Crippen molar-refractivity contribution in [3.63, 3.8) is 0 Å². The van der Waals surface area contributed by atoms with Gasteiger partial charge in [0.2, 0.25) is 5.91 Å². The van der Waals surface area contributed by atoms with Crippen molar-refractivity contribution >= 4 is 52.3 Å². The summed E-state index contributed by atoms with van der Waals surface area (Å²) in [6, 6.07) is 19.1. The first kappa shape index (κ1) is 33.1. The van der Waals surface area contributed by atoms with E-state index in [9.17, 15) is 29.1 Å². The molecule has 3 aromatic rings. The van der Waals surface area contributed by atoms with E-state index in [4.69, 9.17) is 4.74 Å². The van der Waals surface area contributed by atoms with E-state index in [2.05, 4.69) is 5.32 Å². The Morgan fingerprint density at radius 1 is 0.894 bits per heavy atom. The van der Waals surface area contributed by atoms with E-state index >= 15 is 0 Å². The van der Waals surface area contributed by atoms with Crippen molar-refractivity contribution in [2.24, 2.45) is 0 Å². The fourth-order valence-corrected chi connectivity index (χ4v) is 5.78. The Balaban J connectivity index is 1.39. The van der Waals surface area contributed by atoms with Crippen LogP contribution < -0.4 is 10.2 Å². The lowest BCUT2D eigenvalue weighted by Gasteiger charge is -2.34. The first-order valence-corrected chi connectivity index (χ1v) is 15.4. The van der Waals surface area contributed by atoms with Crippen LogP contribution in [0.25, 0.3) is 11.3 Å². The Labute approximate surface area is 273 Å². The normalized spacial score (nSPS) is 16.1. The number of hydrogen-bond acceptors (Lipinski definition) is 8. The highest BCUT2D eigenvalue weighted by Crippen LogP contribution is 2.42. The molecule has 0 spiro atoms. The molecule has 3 aromatic carbocycles. The summed E-state index contributed by atoms with van der Waals surface area (Å²) in [6.45, 7) is 10.6. The van der Waals surface area contributed by atoms with Gasteiger partial charge >= 0.3 is 11.9 Å². The number of hydrogen-bond donors (Lipinski definition) is 2. The van der Waals surface area contributed by atoms with Crippen LogP contribution in [0.2, 0.25) is 0 Å². The molecule has 0 atom stereocenters. The number of carboxylic acid groups (broad SMARTS) is 1. The summed E-state index contributed by atoms with van der Waals surface area (Å²) < 4.78 is 5.41. The molecule has 244 valence electrons. The summed E-state index contributed by atoms with van der Waals surface area (Å²) in [4.78, 5) is 68.6. The minimum atomic E-state index is -1.16. The second-order valence-corrected chi connectivity index (χ2v) is 12.6. The molecule has 0 unspecified atom stereocenters. The van der Waals surface area contributed by atoms with E-state index in [-0.39, 0.29) is 35.2 Å². The molecule has 3 amide bonds.